The number of thioether (sulfide) groups is 1. The Morgan fingerprint density at radius 3 is 2.63 bits per heavy atom. The summed E-state index contributed by atoms with van der Waals surface area (Å²) in [5, 5.41) is 7.55. The van der Waals surface area contributed by atoms with Gasteiger partial charge in [0.05, 0.1) is 18.0 Å². The van der Waals surface area contributed by atoms with E-state index in [9.17, 15) is 9.59 Å². The van der Waals surface area contributed by atoms with Gasteiger partial charge in [0.1, 0.15) is 10.8 Å². The Balaban J connectivity index is 1.68. The highest BCUT2D eigenvalue weighted by Gasteiger charge is 2.17. The molecule has 3 rings (SSSR count). The first-order valence-corrected chi connectivity index (χ1v) is 11.0. The fourth-order valence-electron chi connectivity index (χ4n) is 2.77. The van der Waals surface area contributed by atoms with Crippen LogP contribution in [0, 0.1) is 6.92 Å². The summed E-state index contributed by atoms with van der Waals surface area (Å²) in [6.07, 6.45) is 0. The summed E-state index contributed by atoms with van der Waals surface area (Å²) in [7, 11) is 1.60. The first kappa shape index (κ1) is 22.1. The lowest BCUT2D eigenvalue weighted by Crippen LogP contribution is -2.31. The van der Waals surface area contributed by atoms with Gasteiger partial charge in [-0.25, -0.2) is 0 Å². The fraction of sp³-hybridized carbons (Fsp3) is 0.227. The third-order valence-electron chi connectivity index (χ3n) is 4.42. The van der Waals surface area contributed by atoms with E-state index in [0.29, 0.717) is 23.0 Å². The Morgan fingerprint density at radius 2 is 1.93 bits per heavy atom. The number of ether oxygens (including phenoxy) is 1. The summed E-state index contributed by atoms with van der Waals surface area (Å²) in [5.41, 5.74) is 2.45. The van der Waals surface area contributed by atoms with Gasteiger partial charge in [0, 0.05) is 22.6 Å². The summed E-state index contributed by atoms with van der Waals surface area (Å²) in [6, 6.07) is 16.3. The van der Waals surface area contributed by atoms with E-state index in [-0.39, 0.29) is 16.7 Å². The topological polar surface area (TPSA) is 73.2 Å². The Hall–Kier alpha value is -2.58. The van der Waals surface area contributed by atoms with Crippen LogP contribution in [0.2, 0.25) is 0 Å². The number of methoxy groups -OCH3 is 1. The molecule has 30 heavy (non-hydrogen) atoms. The molecule has 0 aliphatic heterocycles. The molecule has 3 aromatic rings. The molecule has 0 fully saturated rings. The second kappa shape index (κ2) is 9.95. The number of carbonyl (C=O) groups excluding carboxylic acids is 1. The van der Waals surface area contributed by atoms with E-state index in [2.05, 4.69) is 26.3 Å². The molecular formula is C22H22BrN3O3S. The molecule has 1 aromatic heterocycles. The zero-order valence-electron chi connectivity index (χ0n) is 16.9. The van der Waals surface area contributed by atoms with Gasteiger partial charge in [-0.1, -0.05) is 45.4 Å². The first-order chi connectivity index (χ1) is 14.4. The predicted octanol–water partition coefficient (Wildman–Crippen LogP) is 4.11. The summed E-state index contributed by atoms with van der Waals surface area (Å²) in [4.78, 5) is 24.8. The van der Waals surface area contributed by atoms with Crippen LogP contribution in [-0.4, -0.2) is 28.0 Å². The molecular weight excluding hydrogens is 466 g/mol. The van der Waals surface area contributed by atoms with Crippen LogP contribution in [0.5, 0.6) is 5.75 Å². The minimum Gasteiger partial charge on any atom is -0.496 e. The van der Waals surface area contributed by atoms with Crippen LogP contribution in [0.25, 0.3) is 5.69 Å². The zero-order valence-corrected chi connectivity index (χ0v) is 19.3. The van der Waals surface area contributed by atoms with Crippen LogP contribution in [-0.2, 0) is 11.3 Å². The summed E-state index contributed by atoms with van der Waals surface area (Å²) in [6.45, 7) is 4.14. The number of rotatable bonds is 7. The van der Waals surface area contributed by atoms with Gasteiger partial charge in [0.15, 0.2) is 0 Å². The third kappa shape index (κ3) is 5.52. The summed E-state index contributed by atoms with van der Waals surface area (Å²) < 4.78 is 7.60. The third-order valence-corrected chi connectivity index (χ3v) is 5.94. The Morgan fingerprint density at radius 1 is 1.20 bits per heavy atom. The summed E-state index contributed by atoms with van der Waals surface area (Å²) in [5.74, 6) is 0.586. The van der Waals surface area contributed by atoms with Crippen molar-refractivity contribution in [3.05, 3.63) is 80.6 Å². The second-order valence-electron chi connectivity index (χ2n) is 6.69. The van der Waals surface area contributed by atoms with Gasteiger partial charge in [-0.2, -0.15) is 9.78 Å². The predicted molar refractivity (Wildman–Crippen MR) is 122 cm³/mol. The number of aryl methyl sites for hydroxylation is 1. The maximum Gasteiger partial charge on any atom is 0.271 e. The van der Waals surface area contributed by atoms with Crippen molar-refractivity contribution in [2.75, 3.05) is 7.11 Å². The quantitative estimate of drug-likeness (QED) is 0.507. The van der Waals surface area contributed by atoms with Crippen molar-refractivity contribution in [3.8, 4) is 11.4 Å². The largest absolute Gasteiger partial charge is 0.496 e. The molecule has 0 saturated carbocycles. The maximum atomic E-state index is 12.6. The molecule has 2 aromatic carbocycles. The number of amides is 1. The van der Waals surface area contributed by atoms with Crippen LogP contribution in [0.15, 0.2) is 68.9 Å². The summed E-state index contributed by atoms with van der Waals surface area (Å²) >= 11 is 4.73. The number of hydrogen-bond donors (Lipinski definition) is 1. The smallest absolute Gasteiger partial charge is 0.271 e. The van der Waals surface area contributed by atoms with E-state index in [1.54, 1.807) is 20.1 Å². The number of benzene rings is 2. The molecule has 1 N–H and O–H groups in total. The molecule has 1 heterocycles. The number of nitrogens with zero attached hydrogens (tertiary/aromatic N) is 2. The zero-order chi connectivity index (χ0) is 21.7. The molecule has 1 unspecified atom stereocenters. The first-order valence-electron chi connectivity index (χ1n) is 9.31. The van der Waals surface area contributed by atoms with Crippen molar-refractivity contribution < 1.29 is 9.53 Å². The normalized spacial score (nSPS) is 11.7. The van der Waals surface area contributed by atoms with E-state index in [0.717, 1.165) is 15.6 Å². The number of hydrogen-bond acceptors (Lipinski definition) is 5. The van der Waals surface area contributed by atoms with Crippen LogP contribution >= 0.6 is 27.7 Å². The lowest BCUT2D eigenvalue weighted by Gasteiger charge is -2.14. The Kier molecular flexibility index (Phi) is 7.33. The molecule has 0 bridgehead atoms. The van der Waals surface area contributed by atoms with E-state index < -0.39 is 0 Å². The van der Waals surface area contributed by atoms with Gasteiger partial charge in [-0.15, -0.1) is 0 Å². The van der Waals surface area contributed by atoms with Crippen molar-refractivity contribution in [1.29, 1.82) is 0 Å². The average molecular weight is 488 g/mol. The Labute approximate surface area is 187 Å². The average Bonchev–Trinajstić information content (AvgIpc) is 2.74. The van der Waals surface area contributed by atoms with Crippen LogP contribution in [0.3, 0.4) is 0 Å². The fourth-order valence-corrected chi connectivity index (χ4v) is 4.01. The lowest BCUT2D eigenvalue weighted by molar-refractivity contribution is -0.120. The maximum absolute atomic E-state index is 12.6. The molecule has 8 heteroatoms. The molecule has 0 aliphatic carbocycles. The van der Waals surface area contributed by atoms with Crippen molar-refractivity contribution in [3.63, 3.8) is 0 Å². The molecule has 1 atom stereocenters. The Bertz CT molecular complexity index is 1100. The van der Waals surface area contributed by atoms with Crippen molar-refractivity contribution >= 4 is 33.6 Å². The number of carbonyl (C=O) groups is 1. The molecule has 0 saturated heterocycles. The minimum absolute atomic E-state index is 0.128. The molecule has 0 radical (unpaired) electrons. The van der Waals surface area contributed by atoms with Gasteiger partial charge in [0.25, 0.3) is 5.56 Å². The SMILES string of the molecule is COc1ccc(Br)cc1CNC(=O)C(C)Sc1ccc(=O)n(-c2ccc(C)cc2)n1. The molecule has 6 nitrogen and oxygen atoms in total. The molecule has 1 amide bonds. The van der Waals surface area contributed by atoms with E-state index >= 15 is 0 Å². The lowest BCUT2D eigenvalue weighted by atomic mass is 10.2. The number of halogens is 1. The molecule has 156 valence electrons. The van der Waals surface area contributed by atoms with Crippen molar-refractivity contribution in [2.24, 2.45) is 0 Å². The van der Waals surface area contributed by atoms with E-state index in [1.807, 2.05) is 49.4 Å². The van der Waals surface area contributed by atoms with E-state index in [4.69, 9.17) is 4.74 Å². The second-order valence-corrected chi connectivity index (χ2v) is 8.97. The van der Waals surface area contributed by atoms with Crippen LogP contribution < -0.4 is 15.6 Å². The van der Waals surface area contributed by atoms with Gasteiger partial charge >= 0.3 is 0 Å². The van der Waals surface area contributed by atoms with E-state index in [1.165, 1.54) is 22.5 Å². The number of nitrogens with one attached hydrogen (secondary N) is 1. The highest BCUT2D eigenvalue weighted by molar-refractivity contribution is 9.10. The van der Waals surface area contributed by atoms with Gasteiger partial charge in [-0.3, -0.25) is 9.59 Å². The highest BCUT2D eigenvalue weighted by Crippen LogP contribution is 2.24. The van der Waals surface area contributed by atoms with Gasteiger partial charge < -0.3 is 10.1 Å². The number of aromatic nitrogens is 2. The van der Waals surface area contributed by atoms with Crippen LogP contribution in [0.1, 0.15) is 18.1 Å². The van der Waals surface area contributed by atoms with Gasteiger partial charge in [0.2, 0.25) is 5.91 Å². The van der Waals surface area contributed by atoms with Gasteiger partial charge in [-0.05, 0) is 50.2 Å². The van der Waals surface area contributed by atoms with Crippen molar-refractivity contribution in [1.82, 2.24) is 15.1 Å². The standard InChI is InChI=1S/C22H22BrN3O3S/c1-14-4-7-18(8-5-14)26-21(27)11-10-20(25-26)30-15(2)22(28)24-13-16-12-17(23)6-9-19(16)29-3/h4-12,15H,13H2,1-3H3,(H,24,28). The van der Waals surface area contributed by atoms with Crippen molar-refractivity contribution in [2.45, 2.75) is 30.7 Å². The monoisotopic (exact) mass is 487 g/mol. The molecule has 0 spiro atoms. The van der Waals surface area contributed by atoms with Crippen LogP contribution in [0.4, 0.5) is 0 Å². The highest BCUT2D eigenvalue weighted by atomic mass is 79.9. The minimum atomic E-state index is -0.389. The molecule has 0 aliphatic rings.